The van der Waals surface area contributed by atoms with Gasteiger partial charge in [-0.05, 0) is 25.0 Å². The molecule has 5 heteroatoms. The summed E-state index contributed by atoms with van der Waals surface area (Å²) in [6, 6.07) is 3.54. The topological polar surface area (TPSA) is 55.1 Å². The van der Waals surface area contributed by atoms with Gasteiger partial charge in [0.25, 0.3) is 0 Å². The molecule has 0 unspecified atom stereocenters. The molecule has 0 saturated heterocycles. The van der Waals surface area contributed by atoms with Gasteiger partial charge in [-0.3, -0.25) is 4.79 Å². The van der Waals surface area contributed by atoms with Crippen molar-refractivity contribution in [2.24, 2.45) is 0 Å². The minimum Gasteiger partial charge on any atom is -0.354 e. The Morgan fingerprint density at radius 3 is 2.94 bits per heavy atom. The molecule has 0 atom stereocenters. The lowest BCUT2D eigenvalue weighted by Crippen LogP contribution is -2.05. The third-order valence-corrected chi connectivity index (χ3v) is 3.12. The van der Waals surface area contributed by atoms with Gasteiger partial charge in [0.05, 0.1) is 10.7 Å². The molecule has 1 heterocycles. The number of benzene rings is 1. The molecule has 1 fully saturated rings. The van der Waals surface area contributed by atoms with Crippen LogP contribution in [0, 0.1) is 0 Å². The van der Waals surface area contributed by atoms with Gasteiger partial charge in [-0.1, -0.05) is 16.8 Å². The number of carbonyl (C=O) groups is 1. The molecule has 1 saturated carbocycles. The first-order valence-electron chi connectivity index (χ1n) is 5.51. The molecule has 0 radical (unpaired) electrons. The Hall–Kier alpha value is -1.55. The highest BCUT2D eigenvalue weighted by atomic mass is 35.5. The van der Waals surface area contributed by atoms with Crippen LogP contribution in [0.2, 0.25) is 5.02 Å². The van der Waals surface area contributed by atoms with Crippen LogP contribution < -0.4 is 5.32 Å². The lowest BCUT2D eigenvalue weighted by molar-refractivity contribution is -0.114. The summed E-state index contributed by atoms with van der Waals surface area (Å²) in [6.45, 7) is 1.47. The van der Waals surface area contributed by atoms with Gasteiger partial charge in [-0.15, -0.1) is 0 Å². The molecule has 1 aliphatic carbocycles. The maximum atomic E-state index is 11.0. The number of halogens is 1. The number of nitrogens with one attached hydrogen (secondary N) is 1. The fraction of sp³-hybridized carbons (Fsp3) is 0.333. The van der Waals surface area contributed by atoms with E-state index in [1.165, 1.54) is 6.92 Å². The molecule has 88 valence electrons. The molecular weight excluding hydrogens is 240 g/mol. The van der Waals surface area contributed by atoms with Crippen LogP contribution in [0.3, 0.4) is 0 Å². The summed E-state index contributed by atoms with van der Waals surface area (Å²) in [7, 11) is 0. The highest BCUT2D eigenvalue weighted by Crippen LogP contribution is 2.44. The predicted octanol–water partition coefficient (Wildman–Crippen LogP) is 3.32. The van der Waals surface area contributed by atoms with E-state index in [4.69, 9.17) is 16.1 Å². The van der Waals surface area contributed by atoms with Crippen LogP contribution in [0.25, 0.3) is 11.0 Å². The van der Waals surface area contributed by atoms with Crippen molar-refractivity contribution in [1.82, 2.24) is 5.16 Å². The van der Waals surface area contributed by atoms with Crippen molar-refractivity contribution in [2.75, 3.05) is 5.32 Å². The molecule has 0 aliphatic heterocycles. The summed E-state index contributed by atoms with van der Waals surface area (Å²) in [5.41, 5.74) is 2.23. The van der Waals surface area contributed by atoms with E-state index < -0.39 is 0 Å². The van der Waals surface area contributed by atoms with Crippen molar-refractivity contribution >= 4 is 34.2 Å². The van der Waals surface area contributed by atoms with Gasteiger partial charge >= 0.3 is 0 Å². The molecule has 17 heavy (non-hydrogen) atoms. The van der Waals surface area contributed by atoms with Crippen LogP contribution in [0.5, 0.6) is 0 Å². The zero-order valence-corrected chi connectivity index (χ0v) is 10.0. The van der Waals surface area contributed by atoms with Crippen LogP contribution in [-0.4, -0.2) is 11.1 Å². The van der Waals surface area contributed by atoms with Gasteiger partial charge in [-0.25, -0.2) is 0 Å². The maximum absolute atomic E-state index is 11.0. The zero-order valence-electron chi connectivity index (χ0n) is 9.29. The first-order chi connectivity index (χ1) is 8.15. The Kier molecular flexibility index (Phi) is 2.33. The number of aromatic nitrogens is 1. The molecule has 1 aromatic heterocycles. The van der Waals surface area contributed by atoms with Gasteiger partial charge in [-0.2, -0.15) is 0 Å². The number of carbonyl (C=O) groups excluding carboxylic acids is 1. The number of anilines is 1. The fourth-order valence-corrected chi connectivity index (χ4v) is 2.20. The van der Waals surface area contributed by atoms with E-state index in [9.17, 15) is 4.79 Å². The van der Waals surface area contributed by atoms with Crippen molar-refractivity contribution in [3.8, 4) is 0 Å². The molecule has 0 spiro atoms. The van der Waals surface area contributed by atoms with Crippen LogP contribution in [0.15, 0.2) is 16.7 Å². The SMILES string of the molecule is CC(=O)Nc1cc(Cl)c2onc(C3CC3)c2c1. The summed E-state index contributed by atoms with van der Waals surface area (Å²) in [5.74, 6) is 0.365. The quantitative estimate of drug-likeness (QED) is 0.890. The van der Waals surface area contributed by atoms with Crippen LogP contribution in [-0.2, 0) is 4.79 Å². The molecule has 1 aromatic carbocycles. The van der Waals surface area contributed by atoms with Crippen molar-refractivity contribution in [3.63, 3.8) is 0 Å². The molecular formula is C12H11ClN2O2. The van der Waals surface area contributed by atoms with Crippen molar-refractivity contribution in [1.29, 1.82) is 0 Å². The molecule has 4 nitrogen and oxygen atoms in total. The summed E-state index contributed by atoms with van der Waals surface area (Å²) in [4.78, 5) is 11.0. The molecule has 1 amide bonds. The number of fused-ring (bicyclic) bond motifs is 1. The zero-order chi connectivity index (χ0) is 12.0. The smallest absolute Gasteiger partial charge is 0.221 e. The molecule has 1 aliphatic rings. The van der Waals surface area contributed by atoms with Gasteiger partial charge in [0, 0.05) is 23.9 Å². The highest BCUT2D eigenvalue weighted by molar-refractivity contribution is 6.35. The highest BCUT2D eigenvalue weighted by Gasteiger charge is 2.29. The summed E-state index contributed by atoms with van der Waals surface area (Å²) in [5, 5.41) is 8.17. The van der Waals surface area contributed by atoms with Crippen molar-refractivity contribution in [3.05, 3.63) is 22.8 Å². The van der Waals surface area contributed by atoms with Crippen LogP contribution >= 0.6 is 11.6 Å². The Morgan fingerprint density at radius 1 is 1.53 bits per heavy atom. The van der Waals surface area contributed by atoms with Crippen LogP contribution in [0.1, 0.15) is 31.4 Å². The van der Waals surface area contributed by atoms with E-state index in [2.05, 4.69) is 10.5 Å². The van der Waals surface area contributed by atoms with E-state index >= 15 is 0 Å². The van der Waals surface area contributed by atoms with Crippen molar-refractivity contribution in [2.45, 2.75) is 25.7 Å². The normalized spacial score (nSPS) is 15.2. The Bertz CT molecular complexity index is 602. The molecule has 2 aromatic rings. The maximum Gasteiger partial charge on any atom is 0.221 e. The first-order valence-corrected chi connectivity index (χ1v) is 5.89. The van der Waals surface area contributed by atoms with E-state index in [0.29, 0.717) is 22.2 Å². The lowest BCUT2D eigenvalue weighted by Gasteiger charge is -2.02. The number of amides is 1. The first kappa shape index (κ1) is 10.6. The lowest BCUT2D eigenvalue weighted by atomic mass is 10.1. The molecule has 1 N–H and O–H groups in total. The second-order valence-electron chi connectivity index (χ2n) is 4.36. The standard InChI is InChI=1S/C12H11ClN2O2/c1-6(16)14-8-4-9-11(7-2-3-7)15-17-12(9)10(13)5-8/h4-5,7H,2-3H2,1H3,(H,14,16). The predicted molar refractivity (Wildman–Crippen MR) is 65.3 cm³/mol. The Balaban J connectivity index is 2.14. The summed E-state index contributed by atoms with van der Waals surface area (Å²) >= 11 is 6.10. The van der Waals surface area contributed by atoms with Gasteiger partial charge < -0.3 is 9.84 Å². The van der Waals surface area contributed by atoms with E-state index in [1.807, 2.05) is 6.07 Å². The minimum atomic E-state index is -0.121. The fourth-order valence-electron chi connectivity index (χ4n) is 1.95. The number of hydrogen-bond acceptors (Lipinski definition) is 3. The van der Waals surface area contributed by atoms with E-state index in [-0.39, 0.29) is 5.91 Å². The Morgan fingerprint density at radius 2 is 2.29 bits per heavy atom. The minimum absolute atomic E-state index is 0.121. The monoisotopic (exact) mass is 250 g/mol. The molecule has 0 bridgehead atoms. The van der Waals surface area contributed by atoms with E-state index in [0.717, 1.165) is 23.9 Å². The number of nitrogens with zero attached hydrogens (tertiary/aromatic N) is 1. The van der Waals surface area contributed by atoms with Gasteiger partial charge in [0.15, 0.2) is 5.58 Å². The second-order valence-corrected chi connectivity index (χ2v) is 4.77. The van der Waals surface area contributed by atoms with Gasteiger partial charge in [0.1, 0.15) is 0 Å². The summed E-state index contributed by atoms with van der Waals surface area (Å²) in [6.07, 6.45) is 2.28. The van der Waals surface area contributed by atoms with Crippen molar-refractivity contribution < 1.29 is 9.32 Å². The average molecular weight is 251 g/mol. The second kappa shape index (κ2) is 3.74. The summed E-state index contributed by atoms with van der Waals surface area (Å²) < 4.78 is 5.25. The average Bonchev–Trinajstić information content (AvgIpc) is 2.98. The number of rotatable bonds is 2. The number of hydrogen-bond donors (Lipinski definition) is 1. The van der Waals surface area contributed by atoms with Gasteiger partial charge in [0.2, 0.25) is 5.91 Å². The van der Waals surface area contributed by atoms with Crippen LogP contribution in [0.4, 0.5) is 5.69 Å². The molecule has 3 rings (SSSR count). The third-order valence-electron chi connectivity index (χ3n) is 2.84. The van der Waals surface area contributed by atoms with E-state index in [1.54, 1.807) is 6.07 Å². The third kappa shape index (κ3) is 1.89. The Labute approximate surface area is 103 Å². The largest absolute Gasteiger partial charge is 0.354 e.